The van der Waals surface area contributed by atoms with Crippen molar-refractivity contribution in [3.63, 3.8) is 0 Å². The van der Waals surface area contributed by atoms with Crippen LogP contribution in [0.5, 0.6) is 0 Å². The minimum atomic E-state index is -0.0525. The molecule has 1 unspecified atom stereocenters. The van der Waals surface area contributed by atoms with E-state index < -0.39 is 0 Å². The fraction of sp³-hybridized carbons (Fsp3) is 0.429. The van der Waals surface area contributed by atoms with E-state index in [0.29, 0.717) is 18.0 Å². The highest BCUT2D eigenvalue weighted by molar-refractivity contribution is 7.14. The van der Waals surface area contributed by atoms with E-state index in [-0.39, 0.29) is 24.4 Å². The van der Waals surface area contributed by atoms with E-state index in [1.54, 1.807) is 0 Å². The monoisotopic (exact) mass is 329 g/mol. The number of nitrogens with one attached hydrogen (secondary N) is 1. The Morgan fingerprint density at radius 3 is 2.81 bits per heavy atom. The molecule has 0 aliphatic rings. The average molecular weight is 330 g/mol. The molecule has 2 heterocycles. The van der Waals surface area contributed by atoms with Gasteiger partial charge in [-0.2, -0.15) is 0 Å². The van der Waals surface area contributed by atoms with Gasteiger partial charge in [0.25, 0.3) is 0 Å². The molecule has 0 saturated heterocycles. The molecule has 5 nitrogen and oxygen atoms in total. The molecule has 0 radical (unpaired) electrons. The van der Waals surface area contributed by atoms with Gasteiger partial charge in [-0.05, 0) is 33.3 Å². The summed E-state index contributed by atoms with van der Waals surface area (Å²) in [5.41, 5.74) is 7.42. The Hall–Kier alpha value is -1.37. The van der Waals surface area contributed by atoms with E-state index >= 15 is 0 Å². The van der Waals surface area contributed by atoms with Crippen molar-refractivity contribution < 1.29 is 9.21 Å². The van der Waals surface area contributed by atoms with Crippen molar-refractivity contribution in [2.45, 2.75) is 39.7 Å². The lowest BCUT2D eigenvalue weighted by atomic mass is 10.2. The Bertz CT molecular complexity index is 607. The average Bonchev–Trinajstić information content (AvgIpc) is 2.93. The molecule has 0 saturated carbocycles. The zero-order valence-electron chi connectivity index (χ0n) is 12.3. The van der Waals surface area contributed by atoms with E-state index in [1.807, 2.05) is 32.2 Å². The number of rotatable bonds is 5. The van der Waals surface area contributed by atoms with Gasteiger partial charge in [0.1, 0.15) is 11.5 Å². The van der Waals surface area contributed by atoms with Crippen LogP contribution in [-0.4, -0.2) is 16.9 Å². The number of carbonyl (C=O) groups excluding carboxylic acids is 1. The molecule has 2 aromatic rings. The molecule has 0 fully saturated rings. The number of hydrogen-bond donors (Lipinski definition) is 2. The topological polar surface area (TPSA) is 81.2 Å². The van der Waals surface area contributed by atoms with Gasteiger partial charge in [-0.15, -0.1) is 23.7 Å². The van der Waals surface area contributed by atoms with Crippen molar-refractivity contribution in [3.8, 4) is 11.3 Å². The van der Waals surface area contributed by atoms with Crippen LogP contribution in [0.1, 0.15) is 31.3 Å². The summed E-state index contributed by atoms with van der Waals surface area (Å²) >= 11 is 1.41. The van der Waals surface area contributed by atoms with Crippen molar-refractivity contribution in [2.24, 2.45) is 5.73 Å². The quantitative estimate of drug-likeness (QED) is 0.879. The van der Waals surface area contributed by atoms with Gasteiger partial charge in [-0.3, -0.25) is 4.79 Å². The van der Waals surface area contributed by atoms with Gasteiger partial charge in [-0.25, -0.2) is 4.98 Å². The number of aromatic nitrogens is 1. The number of anilines is 1. The van der Waals surface area contributed by atoms with Crippen molar-refractivity contribution in [1.82, 2.24) is 4.98 Å². The van der Waals surface area contributed by atoms with E-state index in [0.717, 1.165) is 22.8 Å². The van der Waals surface area contributed by atoms with Gasteiger partial charge >= 0.3 is 0 Å². The summed E-state index contributed by atoms with van der Waals surface area (Å²) in [6.45, 7) is 5.70. The molecule has 1 atom stereocenters. The first kappa shape index (κ1) is 17.7. The molecule has 0 bridgehead atoms. The predicted octanol–water partition coefficient (Wildman–Crippen LogP) is 3.51. The lowest BCUT2D eigenvalue weighted by Crippen LogP contribution is -2.19. The standard InChI is InChI=1S/C14H19N3O2S.ClH/c1-8(15)4-5-13(18)17-14-16-12(7-20-14)11-6-9(2)19-10(11)3;/h6-8H,4-5,15H2,1-3H3,(H,16,17,18);1H. The number of aryl methyl sites for hydroxylation is 2. The molecule has 0 aliphatic heterocycles. The molecular weight excluding hydrogens is 310 g/mol. The van der Waals surface area contributed by atoms with Crippen LogP contribution in [-0.2, 0) is 4.79 Å². The summed E-state index contributed by atoms with van der Waals surface area (Å²) in [4.78, 5) is 16.1. The maximum atomic E-state index is 11.7. The normalized spacial score (nSPS) is 11.8. The Balaban J connectivity index is 0.00000220. The van der Waals surface area contributed by atoms with Crippen LogP contribution >= 0.6 is 23.7 Å². The van der Waals surface area contributed by atoms with E-state index in [9.17, 15) is 4.79 Å². The van der Waals surface area contributed by atoms with Crippen LogP contribution in [0.3, 0.4) is 0 Å². The van der Waals surface area contributed by atoms with Crippen molar-refractivity contribution in [3.05, 3.63) is 23.0 Å². The van der Waals surface area contributed by atoms with Crippen LogP contribution in [0.15, 0.2) is 15.9 Å². The molecule has 116 valence electrons. The van der Waals surface area contributed by atoms with Gasteiger partial charge in [0.05, 0.1) is 5.69 Å². The fourth-order valence-corrected chi connectivity index (χ4v) is 2.61. The predicted molar refractivity (Wildman–Crippen MR) is 88.1 cm³/mol. The van der Waals surface area contributed by atoms with Crippen molar-refractivity contribution in [2.75, 3.05) is 5.32 Å². The Morgan fingerprint density at radius 1 is 1.52 bits per heavy atom. The number of nitrogens with zero attached hydrogens (tertiary/aromatic N) is 1. The molecule has 0 spiro atoms. The van der Waals surface area contributed by atoms with Crippen molar-refractivity contribution >= 4 is 34.8 Å². The first-order valence-electron chi connectivity index (χ1n) is 6.54. The molecule has 0 aliphatic carbocycles. The first-order valence-corrected chi connectivity index (χ1v) is 7.42. The molecule has 3 N–H and O–H groups in total. The lowest BCUT2D eigenvalue weighted by molar-refractivity contribution is -0.116. The number of halogens is 1. The number of carbonyl (C=O) groups is 1. The summed E-state index contributed by atoms with van der Waals surface area (Å²) in [5.74, 6) is 1.64. The Kier molecular flexibility index (Phi) is 6.39. The van der Waals surface area contributed by atoms with E-state index in [1.165, 1.54) is 11.3 Å². The SMILES string of the molecule is Cc1cc(-c2csc(NC(=O)CCC(C)N)n2)c(C)o1.Cl. The molecular formula is C14H20ClN3O2S. The third-order valence-corrected chi connectivity index (χ3v) is 3.65. The molecule has 2 aromatic heterocycles. The summed E-state index contributed by atoms with van der Waals surface area (Å²) < 4.78 is 5.49. The molecule has 2 rings (SSSR count). The molecule has 1 amide bonds. The van der Waals surface area contributed by atoms with Crippen LogP contribution in [0.2, 0.25) is 0 Å². The van der Waals surface area contributed by atoms with E-state index in [4.69, 9.17) is 10.2 Å². The van der Waals surface area contributed by atoms with Gasteiger partial charge < -0.3 is 15.5 Å². The maximum absolute atomic E-state index is 11.7. The maximum Gasteiger partial charge on any atom is 0.226 e. The van der Waals surface area contributed by atoms with Crippen LogP contribution < -0.4 is 11.1 Å². The second kappa shape index (κ2) is 7.59. The second-order valence-electron chi connectivity index (χ2n) is 4.93. The summed E-state index contributed by atoms with van der Waals surface area (Å²) in [7, 11) is 0. The highest BCUT2D eigenvalue weighted by Gasteiger charge is 2.12. The lowest BCUT2D eigenvalue weighted by Gasteiger charge is -2.04. The minimum Gasteiger partial charge on any atom is -0.466 e. The first-order chi connectivity index (χ1) is 9.45. The third kappa shape index (κ3) is 4.84. The van der Waals surface area contributed by atoms with Crippen LogP contribution in [0, 0.1) is 13.8 Å². The number of nitrogens with two attached hydrogens (primary N) is 1. The molecule has 0 aromatic carbocycles. The molecule has 7 heteroatoms. The van der Waals surface area contributed by atoms with E-state index in [2.05, 4.69) is 10.3 Å². The highest BCUT2D eigenvalue weighted by atomic mass is 35.5. The van der Waals surface area contributed by atoms with Crippen LogP contribution in [0.25, 0.3) is 11.3 Å². The third-order valence-electron chi connectivity index (χ3n) is 2.89. The summed E-state index contributed by atoms with van der Waals surface area (Å²) in [6.07, 6.45) is 1.08. The summed E-state index contributed by atoms with van der Waals surface area (Å²) in [5, 5.41) is 5.32. The Morgan fingerprint density at radius 2 is 2.24 bits per heavy atom. The van der Waals surface area contributed by atoms with Crippen molar-refractivity contribution in [1.29, 1.82) is 0 Å². The van der Waals surface area contributed by atoms with Crippen LogP contribution in [0.4, 0.5) is 5.13 Å². The number of amides is 1. The molecule has 21 heavy (non-hydrogen) atoms. The minimum absolute atomic E-state index is 0. The number of hydrogen-bond acceptors (Lipinski definition) is 5. The smallest absolute Gasteiger partial charge is 0.226 e. The fourth-order valence-electron chi connectivity index (χ4n) is 1.88. The highest BCUT2D eigenvalue weighted by Crippen LogP contribution is 2.29. The Labute approximate surface area is 134 Å². The summed E-state index contributed by atoms with van der Waals surface area (Å²) in [6, 6.07) is 1.98. The van der Waals surface area contributed by atoms with Gasteiger partial charge in [0.2, 0.25) is 5.91 Å². The zero-order valence-corrected chi connectivity index (χ0v) is 13.9. The number of thiazole rings is 1. The largest absolute Gasteiger partial charge is 0.466 e. The van der Waals surface area contributed by atoms with Gasteiger partial charge in [-0.1, -0.05) is 0 Å². The second-order valence-corrected chi connectivity index (χ2v) is 5.79. The zero-order chi connectivity index (χ0) is 14.7. The van der Waals surface area contributed by atoms with Gasteiger partial charge in [0, 0.05) is 23.4 Å². The number of furan rings is 1. The van der Waals surface area contributed by atoms with Gasteiger partial charge in [0.15, 0.2) is 5.13 Å².